The van der Waals surface area contributed by atoms with Gasteiger partial charge in [0, 0.05) is 25.2 Å². The first-order valence-electron chi connectivity index (χ1n) is 7.72. The first-order valence-corrected chi connectivity index (χ1v) is 7.72. The summed E-state index contributed by atoms with van der Waals surface area (Å²) >= 11 is 0. The number of ether oxygens (including phenoxy) is 1. The van der Waals surface area contributed by atoms with Crippen molar-refractivity contribution < 1.29 is 35.9 Å². The van der Waals surface area contributed by atoms with Crippen LogP contribution >= 0.6 is 0 Å². The van der Waals surface area contributed by atoms with Crippen LogP contribution in [0.25, 0.3) is 0 Å². The Morgan fingerprint density at radius 2 is 1.44 bits per heavy atom. The van der Waals surface area contributed by atoms with Gasteiger partial charge in [-0.25, -0.2) is 4.79 Å². The number of hydrogen-bond acceptors (Lipinski definition) is 3. The monoisotopic (exact) mass is 372 g/mol. The van der Waals surface area contributed by atoms with Gasteiger partial charge in [0.1, 0.15) is 15.7 Å². The van der Waals surface area contributed by atoms with Gasteiger partial charge in [-0.3, -0.25) is 4.90 Å². The number of piperazine rings is 1. The van der Waals surface area contributed by atoms with Crippen LogP contribution in [0.1, 0.15) is 20.8 Å². The number of amides is 1. The molecule has 1 aliphatic heterocycles. The van der Waals surface area contributed by atoms with Crippen molar-refractivity contribution in [1.29, 1.82) is 0 Å². The molecule has 25 heavy (non-hydrogen) atoms. The third-order valence-corrected chi connectivity index (χ3v) is 4.44. The standard InChI is InChI=1S/C12H21B3F6N2O2/c1-8(2,3)22-4-5-23(9(13,14)6-22)7(24)25-10(15,11(16,17)18)12(19,20)21/h4-6,13-15H2,1-3H3. The second-order valence-corrected chi connectivity index (χ2v) is 7.95. The van der Waals surface area contributed by atoms with Crippen LogP contribution in [0.4, 0.5) is 31.1 Å². The molecule has 1 rings (SSSR count). The fraction of sp³-hybridized carbons (Fsp3) is 0.917. The zero-order chi connectivity index (χ0) is 20.1. The van der Waals surface area contributed by atoms with Crippen LogP contribution in [0.15, 0.2) is 0 Å². The van der Waals surface area contributed by atoms with E-state index in [4.69, 9.17) is 0 Å². The van der Waals surface area contributed by atoms with Crippen molar-refractivity contribution in [2.75, 3.05) is 19.6 Å². The molecule has 0 unspecified atom stereocenters. The molecule has 0 aromatic heterocycles. The highest BCUT2D eigenvalue weighted by Crippen LogP contribution is 2.44. The molecule has 0 aromatic carbocycles. The lowest BCUT2D eigenvalue weighted by atomic mass is 9.59. The highest BCUT2D eigenvalue weighted by atomic mass is 19.4. The first-order chi connectivity index (χ1) is 10.8. The van der Waals surface area contributed by atoms with Gasteiger partial charge in [0.05, 0.1) is 0 Å². The Hall–Kier alpha value is -0.995. The molecule has 4 nitrogen and oxygen atoms in total. The van der Waals surface area contributed by atoms with Crippen molar-refractivity contribution in [2.24, 2.45) is 0 Å². The van der Waals surface area contributed by atoms with E-state index < -0.39 is 29.3 Å². The van der Waals surface area contributed by atoms with Gasteiger partial charge in [0.2, 0.25) is 0 Å². The first kappa shape index (κ1) is 22.0. The number of rotatable bonds is 1. The van der Waals surface area contributed by atoms with E-state index in [1.165, 1.54) is 0 Å². The summed E-state index contributed by atoms with van der Waals surface area (Å²) in [5.41, 5.74) is -4.81. The molecule has 0 atom stereocenters. The maximum atomic E-state index is 12.9. The van der Waals surface area contributed by atoms with Crippen molar-refractivity contribution in [2.45, 2.75) is 49.5 Å². The molecule has 0 aliphatic carbocycles. The molecule has 0 aromatic rings. The summed E-state index contributed by atoms with van der Waals surface area (Å²) in [6, 6.07) is 0. The van der Waals surface area contributed by atoms with E-state index in [-0.39, 0.29) is 19.9 Å². The summed E-state index contributed by atoms with van der Waals surface area (Å²) in [6.45, 7) is 6.37. The average molecular weight is 372 g/mol. The van der Waals surface area contributed by atoms with E-state index in [9.17, 15) is 31.1 Å². The van der Waals surface area contributed by atoms with Crippen molar-refractivity contribution in [3.05, 3.63) is 0 Å². The molecule has 0 radical (unpaired) electrons. The van der Waals surface area contributed by atoms with Crippen LogP contribution in [-0.4, -0.2) is 87.8 Å². The summed E-state index contributed by atoms with van der Waals surface area (Å²) < 4.78 is 81.5. The van der Waals surface area contributed by atoms with Crippen LogP contribution in [-0.2, 0) is 4.74 Å². The molecule has 1 aliphatic rings. The molecular weight excluding hydrogens is 351 g/mol. The van der Waals surface area contributed by atoms with Crippen LogP contribution in [0.5, 0.6) is 0 Å². The largest absolute Gasteiger partial charge is 0.433 e. The van der Waals surface area contributed by atoms with Gasteiger partial charge in [-0.15, -0.1) is 0 Å². The lowest BCUT2D eigenvalue weighted by Crippen LogP contribution is -2.69. The summed E-state index contributed by atoms with van der Waals surface area (Å²) in [5.74, 6) is 0. The minimum Gasteiger partial charge on any atom is -0.433 e. The molecule has 142 valence electrons. The predicted octanol–water partition coefficient (Wildman–Crippen LogP) is -0.0869. The Kier molecular flexibility index (Phi) is 5.57. The van der Waals surface area contributed by atoms with Gasteiger partial charge in [-0.05, 0) is 26.1 Å². The molecule has 1 heterocycles. The van der Waals surface area contributed by atoms with Crippen molar-refractivity contribution in [3.8, 4) is 0 Å². The van der Waals surface area contributed by atoms with Crippen LogP contribution in [0, 0.1) is 0 Å². The second kappa shape index (κ2) is 6.31. The number of alkyl halides is 6. The van der Waals surface area contributed by atoms with Crippen LogP contribution in [0.3, 0.4) is 0 Å². The molecule has 1 saturated heterocycles. The fourth-order valence-corrected chi connectivity index (χ4v) is 2.57. The van der Waals surface area contributed by atoms with E-state index in [0.29, 0.717) is 13.1 Å². The van der Waals surface area contributed by atoms with Gasteiger partial charge in [0.15, 0.2) is 7.85 Å². The van der Waals surface area contributed by atoms with E-state index in [2.05, 4.69) is 4.74 Å². The maximum absolute atomic E-state index is 12.9. The second-order valence-electron chi connectivity index (χ2n) is 7.95. The molecule has 1 fully saturated rings. The Labute approximate surface area is 145 Å². The number of carbonyl (C=O) groups is 1. The molecule has 13 heteroatoms. The minimum atomic E-state index is -5.78. The number of nitrogens with zero attached hydrogens (tertiary/aromatic N) is 2. The van der Waals surface area contributed by atoms with Crippen LogP contribution < -0.4 is 0 Å². The van der Waals surface area contributed by atoms with E-state index in [1.807, 2.05) is 25.7 Å². The summed E-state index contributed by atoms with van der Waals surface area (Å²) in [4.78, 5) is 15.1. The Balaban J connectivity index is 3.04. The Morgan fingerprint density at radius 3 is 1.76 bits per heavy atom. The zero-order valence-electron chi connectivity index (χ0n) is 15.1. The predicted molar refractivity (Wildman–Crippen MR) is 87.7 cm³/mol. The highest BCUT2D eigenvalue weighted by Gasteiger charge is 2.71. The highest BCUT2D eigenvalue weighted by molar-refractivity contribution is 6.41. The number of halogens is 6. The van der Waals surface area contributed by atoms with Crippen LogP contribution in [0.2, 0.25) is 0 Å². The van der Waals surface area contributed by atoms with E-state index in [1.54, 1.807) is 15.7 Å². The normalized spacial score (nSPS) is 20.4. The molecule has 0 saturated carbocycles. The maximum Gasteiger partial charge on any atom is 0.428 e. The molecule has 1 amide bonds. The summed E-state index contributed by atoms with van der Waals surface area (Å²) in [6.07, 6.45) is -13.2. The topological polar surface area (TPSA) is 32.8 Å². The lowest BCUT2D eigenvalue weighted by Gasteiger charge is -2.51. The minimum absolute atomic E-state index is 0.0328. The summed E-state index contributed by atoms with van der Waals surface area (Å²) in [7, 11) is 2.97. The van der Waals surface area contributed by atoms with E-state index in [0.717, 1.165) is 4.90 Å². The smallest absolute Gasteiger partial charge is 0.428 e. The third kappa shape index (κ3) is 4.40. The quantitative estimate of drug-likeness (QED) is 0.477. The SMILES string of the molecule is BC1(B)CN(C(C)(C)C)CCN1C(=O)OC(B)(C(F)(F)F)C(F)(F)F. The third-order valence-electron chi connectivity index (χ3n) is 4.44. The summed E-state index contributed by atoms with van der Waals surface area (Å²) in [5, 5.41) is -0.985. The van der Waals surface area contributed by atoms with Gasteiger partial charge < -0.3 is 9.64 Å². The zero-order valence-corrected chi connectivity index (χ0v) is 15.1. The van der Waals surface area contributed by atoms with E-state index >= 15 is 0 Å². The van der Waals surface area contributed by atoms with Crippen molar-refractivity contribution in [3.63, 3.8) is 0 Å². The molecule has 0 N–H and O–H groups in total. The molecule has 0 spiro atoms. The Bertz CT molecular complexity index is 504. The van der Waals surface area contributed by atoms with Crippen molar-refractivity contribution >= 4 is 29.6 Å². The Morgan fingerprint density at radius 1 is 1.00 bits per heavy atom. The molecular formula is C12H21B3F6N2O2. The van der Waals surface area contributed by atoms with Gasteiger partial charge >= 0.3 is 18.4 Å². The van der Waals surface area contributed by atoms with Gasteiger partial charge in [-0.1, -0.05) is 0 Å². The lowest BCUT2D eigenvalue weighted by molar-refractivity contribution is -0.331. The van der Waals surface area contributed by atoms with Crippen molar-refractivity contribution in [1.82, 2.24) is 9.80 Å². The fourth-order valence-electron chi connectivity index (χ4n) is 2.57. The molecule has 0 bridgehead atoms. The average Bonchev–Trinajstić information content (AvgIpc) is 2.33. The number of hydrogen-bond donors (Lipinski definition) is 0. The number of carbonyl (C=O) groups excluding carboxylic acids is 1. The van der Waals surface area contributed by atoms with Gasteiger partial charge in [0.25, 0.3) is 5.50 Å². The van der Waals surface area contributed by atoms with Gasteiger partial charge in [-0.2, -0.15) is 26.3 Å².